The number of halogens is 1. The quantitative estimate of drug-likeness (QED) is 0.852. The molecule has 0 saturated carbocycles. The van der Waals surface area contributed by atoms with Crippen LogP contribution in [0.5, 0.6) is 0 Å². The molecule has 0 saturated heterocycles. The minimum atomic E-state index is 0.150. The van der Waals surface area contributed by atoms with E-state index in [2.05, 4.69) is 50.9 Å². The smallest absolute Gasteiger partial charge is 0.0441 e. The van der Waals surface area contributed by atoms with Gasteiger partial charge in [-0.05, 0) is 62.8 Å². The Kier molecular flexibility index (Phi) is 3.59. The summed E-state index contributed by atoms with van der Waals surface area (Å²) in [6, 6.07) is 4.41. The summed E-state index contributed by atoms with van der Waals surface area (Å²) in [4.78, 5) is 1.30. The molecule has 1 atom stereocenters. The molecular weight excluding hydrogens is 325 g/mol. The Bertz CT molecular complexity index is 394. The van der Waals surface area contributed by atoms with Gasteiger partial charge in [-0.3, -0.25) is 0 Å². The molecule has 74 valence electrons. The molecule has 0 radical (unpaired) electrons. The second kappa shape index (κ2) is 4.74. The highest BCUT2D eigenvalue weighted by Gasteiger charge is 2.11. The Morgan fingerprint density at radius 3 is 2.79 bits per heavy atom. The molecular formula is C10H10INS2. The summed E-state index contributed by atoms with van der Waals surface area (Å²) in [6.07, 6.45) is 0.944. The van der Waals surface area contributed by atoms with Gasteiger partial charge in [0.1, 0.15) is 0 Å². The van der Waals surface area contributed by atoms with E-state index >= 15 is 0 Å². The molecule has 0 fully saturated rings. The third-order valence-corrected chi connectivity index (χ3v) is 5.10. The predicted molar refractivity (Wildman–Crippen MR) is 72.0 cm³/mol. The van der Waals surface area contributed by atoms with E-state index in [1.165, 1.54) is 14.0 Å². The first kappa shape index (κ1) is 10.6. The van der Waals surface area contributed by atoms with Crippen LogP contribution in [0, 0.1) is 3.57 Å². The van der Waals surface area contributed by atoms with Gasteiger partial charge in [0, 0.05) is 14.5 Å². The summed E-state index contributed by atoms with van der Waals surface area (Å²) in [5.41, 5.74) is 7.48. The van der Waals surface area contributed by atoms with Crippen molar-refractivity contribution >= 4 is 45.3 Å². The minimum absolute atomic E-state index is 0.150. The monoisotopic (exact) mass is 335 g/mol. The highest BCUT2D eigenvalue weighted by Crippen LogP contribution is 2.27. The maximum absolute atomic E-state index is 6.14. The van der Waals surface area contributed by atoms with E-state index in [9.17, 15) is 0 Å². The van der Waals surface area contributed by atoms with Crippen LogP contribution in [0.2, 0.25) is 0 Å². The zero-order valence-electron chi connectivity index (χ0n) is 7.44. The molecule has 0 aliphatic carbocycles. The van der Waals surface area contributed by atoms with Crippen molar-refractivity contribution in [3.63, 3.8) is 0 Å². The van der Waals surface area contributed by atoms with E-state index in [1.807, 2.05) is 0 Å². The van der Waals surface area contributed by atoms with Gasteiger partial charge in [0.2, 0.25) is 0 Å². The summed E-state index contributed by atoms with van der Waals surface area (Å²) < 4.78 is 1.29. The van der Waals surface area contributed by atoms with Crippen LogP contribution in [0.25, 0.3) is 0 Å². The number of rotatable bonds is 3. The zero-order valence-corrected chi connectivity index (χ0v) is 11.2. The van der Waals surface area contributed by atoms with Gasteiger partial charge in [-0.1, -0.05) is 0 Å². The Morgan fingerprint density at radius 1 is 1.36 bits per heavy atom. The third-order valence-electron chi connectivity index (χ3n) is 2.02. The van der Waals surface area contributed by atoms with Crippen molar-refractivity contribution in [3.8, 4) is 0 Å². The van der Waals surface area contributed by atoms with E-state index in [0.717, 1.165) is 6.42 Å². The van der Waals surface area contributed by atoms with E-state index in [-0.39, 0.29) is 6.04 Å². The van der Waals surface area contributed by atoms with E-state index < -0.39 is 0 Å². The molecule has 2 aromatic heterocycles. The van der Waals surface area contributed by atoms with Crippen molar-refractivity contribution in [1.82, 2.24) is 0 Å². The van der Waals surface area contributed by atoms with Crippen LogP contribution in [-0.2, 0) is 6.42 Å². The third kappa shape index (κ3) is 2.36. The topological polar surface area (TPSA) is 26.0 Å². The fourth-order valence-electron chi connectivity index (χ4n) is 1.33. The molecule has 0 aliphatic heterocycles. The molecule has 0 spiro atoms. The van der Waals surface area contributed by atoms with E-state index in [0.29, 0.717) is 0 Å². The summed E-state index contributed by atoms with van der Waals surface area (Å²) in [5, 5.41) is 6.37. The normalized spacial score (nSPS) is 13.0. The summed E-state index contributed by atoms with van der Waals surface area (Å²) >= 11 is 5.82. The molecule has 0 aliphatic rings. The van der Waals surface area contributed by atoms with Gasteiger partial charge in [0.25, 0.3) is 0 Å². The van der Waals surface area contributed by atoms with Gasteiger partial charge in [-0.2, -0.15) is 11.3 Å². The maximum Gasteiger partial charge on any atom is 0.0441 e. The summed E-state index contributed by atoms with van der Waals surface area (Å²) in [6.45, 7) is 0. The number of nitrogens with two attached hydrogens (primary N) is 1. The van der Waals surface area contributed by atoms with Crippen molar-refractivity contribution in [3.05, 3.63) is 42.3 Å². The van der Waals surface area contributed by atoms with Crippen molar-refractivity contribution in [2.75, 3.05) is 0 Å². The molecule has 2 heterocycles. The maximum atomic E-state index is 6.14. The first-order chi connectivity index (χ1) is 6.77. The van der Waals surface area contributed by atoms with Crippen molar-refractivity contribution < 1.29 is 0 Å². The molecule has 2 N–H and O–H groups in total. The average Bonchev–Trinajstić information content (AvgIpc) is 2.75. The average molecular weight is 335 g/mol. The van der Waals surface area contributed by atoms with Crippen LogP contribution in [0.15, 0.2) is 28.3 Å². The molecule has 4 heteroatoms. The molecule has 0 amide bonds. The molecule has 0 aromatic carbocycles. The lowest BCUT2D eigenvalue weighted by atomic mass is 10.1. The van der Waals surface area contributed by atoms with E-state index in [1.54, 1.807) is 22.7 Å². The Hall–Kier alpha value is 0.0900. The molecule has 0 bridgehead atoms. The molecule has 2 aromatic rings. The standard InChI is InChI=1S/C10H10INS2/c11-8-2-4-14-10(8)9(12)5-7-1-3-13-6-7/h1-4,6,9H,5,12H2. The lowest BCUT2D eigenvalue weighted by Gasteiger charge is -2.08. The van der Waals surface area contributed by atoms with Gasteiger partial charge >= 0.3 is 0 Å². The zero-order chi connectivity index (χ0) is 9.97. The lowest BCUT2D eigenvalue weighted by Crippen LogP contribution is -2.12. The van der Waals surface area contributed by atoms with Gasteiger partial charge < -0.3 is 5.73 Å². The molecule has 1 nitrogen and oxygen atoms in total. The Balaban J connectivity index is 2.10. The SMILES string of the molecule is NC(Cc1ccsc1)c1sccc1I. The first-order valence-electron chi connectivity index (χ1n) is 4.27. The second-order valence-electron chi connectivity index (χ2n) is 3.08. The summed E-state index contributed by atoms with van der Waals surface area (Å²) in [5.74, 6) is 0. The number of hydrogen-bond donors (Lipinski definition) is 1. The van der Waals surface area contributed by atoms with Crippen molar-refractivity contribution in [1.29, 1.82) is 0 Å². The Morgan fingerprint density at radius 2 is 2.21 bits per heavy atom. The number of thiophene rings is 2. The molecule has 1 unspecified atom stereocenters. The van der Waals surface area contributed by atoms with Crippen LogP contribution in [-0.4, -0.2) is 0 Å². The minimum Gasteiger partial charge on any atom is -0.323 e. The van der Waals surface area contributed by atoms with Crippen LogP contribution < -0.4 is 5.73 Å². The number of hydrogen-bond acceptors (Lipinski definition) is 3. The Labute approximate surface area is 105 Å². The lowest BCUT2D eigenvalue weighted by molar-refractivity contribution is 0.735. The largest absolute Gasteiger partial charge is 0.323 e. The van der Waals surface area contributed by atoms with E-state index in [4.69, 9.17) is 5.73 Å². The van der Waals surface area contributed by atoms with Crippen LogP contribution in [0.1, 0.15) is 16.5 Å². The van der Waals surface area contributed by atoms with Crippen LogP contribution >= 0.6 is 45.3 Å². The van der Waals surface area contributed by atoms with Crippen molar-refractivity contribution in [2.45, 2.75) is 12.5 Å². The van der Waals surface area contributed by atoms with Crippen LogP contribution in [0.4, 0.5) is 0 Å². The van der Waals surface area contributed by atoms with Gasteiger partial charge in [0.15, 0.2) is 0 Å². The second-order valence-corrected chi connectivity index (χ2v) is 5.96. The van der Waals surface area contributed by atoms with Gasteiger partial charge in [-0.25, -0.2) is 0 Å². The highest BCUT2D eigenvalue weighted by atomic mass is 127. The fraction of sp³-hybridized carbons (Fsp3) is 0.200. The van der Waals surface area contributed by atoms with Crippen LogP contribution in [0.3, 0.4) is 0 Å². The summed E-state index contributed by atoms with van der Waals surface area (Å²) in [7, 11) is 0. The fourth-order valence-corrected chi connectivity index (χ4v) is 4.00. The van der Waals surface area contributed by atoms with Gasteiger partial charge in [0.05, 0.1) is 0 Å². The van der Waals surface area contributed by atoms with Gasteiger partial charge in [-0.15, -0.1) is 11.3 Å². The first-order valence-corrected chi connectivity index (χ1v) is 7.17. The van der Waals surface area contributed by atoms with Crippen molar-refractivity contribution in [2.24, 2.45) is 5.73 Å². The molecule has 14 heavy (non-hydrogen) atoms. The molecule has 2 rings (SSSR count). The predicted octanol–water partition coefficient (Wildman–Crippen LogP) is 3.66. The highest BCUT2D eigenvalue weighted by molar-refractivity contribution is 14.1.